The number of rotatable bonds is 1. The van der Waals surface area contributed by atoms with Crippen molar-refractivity contribution < 1.29 is 17.9 Å². The third-order valence-corrected chi connectivity index (χ3v) is 2.24. The molecule has 1 aromatic carbocycles. The molecule has 1 rings (SSSR count). The maximum Gasteiger partial charge on any atom is 0.573 e. The van der Waals surface area contributed by atoms with E-state index in [0.29, 0.717) is 0 Å². The third-order valence-electron chi connectivity index (χ3n) is 1.62. The van der Waals surface area contributed by atoms with Gasteiger partial charge in [-0.05, 0) is 35.0 Å². The highest BCUT2D eigenvalue weighted by molar-refractivity contribution is 9.10. The molecule has 2 N–H and O–H groups in total. The minimum absolute atomic E-state index is 0.224. The Hall–Kier alpha value is -0.910. The van der Waals surface area contributed by atoms with E-state index in [1.165, 1.54) is 19.1 Å². The molecule has 0 atom stereocenters. The molecule has 0 bridgehead atoms. The largest absolute Gasteiger partial charge is 0.573 e. The van der Waals surface area contributed by atoms with Gasteiger partial charge >= 0.3 is 6.36 Å². The molecule has 0 unspecified atom stereocenters. The standard InChI is InChI=1S/C8H7BrF3NO/c1-4-6(13)3-2-5(9)7(4)14-8(10,11)12/h2-3H,13H2,1H3. The predicted molar refractivity (Wildman–Crippen MR) is 50.0 cm³/mol. The van der Waals surface area contributed by atoms with Crippen molar-refractivity contribution in [2.24, 2.45) is 0 Å². The molecular formula is C8H7BrF3NO. The summed E-state index contributed by atoms with van der Waals surface area (Å²) >= 11 is 2.95. The van der Waals surface area contributed by atoms with E-state index in [9.17, 15) is 13.2 Å². The van der Waals surface area contributed by atoms with E-state index in [1.807, 2.05) is 0 Å². The number of anilines is 1. The lowest BCUT2D eigenvalue weighted by Crippen LogP contribution is -2.18. The number of hydrogen-bond donors (Lipinski definition) is 1. The van der Waals surface area contributed by atoms with E-state index < -0.39 is 6.36 Å². The second-order valence-corrected chi connectivity index (χ2v) is 3.49. The van der Waals surface area contributed by atoms with Crippen LogP contribution in [0.2, 0.25) is 0 Å². The third kappa shape index (κ3) is 2.54. The van der Waals surface area contributed by atoms with Crippen LogP contribution in [0.3, 0.4) is 0 Å². The molecule has 0 aromatic heterocycles. The maximum absolute atomic E-state index is 11.9. The summed E-state index contributed by atoms with van der Waals surface area (Å²) in [6, 6.07) is 2.91. The average molecular weight is 270 g/mol. The fourth-order valence-corrected chi connectivity index (χ4v) is 1.43. The van der Waals surface area contributed by atoms with Crippen molar-refractivity contribution in [3.05, 3.63) is 22.2 Å². The minimum Gasteiger partial charge on any atom is -0.404 e. The van der Waals surface area contributed by atoms with E-state index in [2.05, 4.69) is 20.7 Å². The Kier molecular flexibility index (Phi) is 2.94. The van der Waals surface area contributed by atoms with Crippen LogP contribution in [0.15, 0.2) is 16.6 Å². The molecule has 0 heterocycles. The van der Waals surface area contributed by atoms with Crippen LogP contribution in [0.25, 0.3) is 0 Å². The lowest BCUT2D eigenvalue weighted by Gasteiger charge is -2.14. The van der Waals surface area contributed by atoms with E-state index >= 15 is 0 Å². The molecule has 0 aliphatic rings. The van der Waals surface area contributed by atoms with Crippen LogP contribution in [0, 0.1) is 6.92 Å². The molecule has 0 radical (unpaired) electrons. The fraction of sp³-hybridized carbons (Fsp3) is 0.250. The van der Waals surface area contributed by atoms with Gasteiger partial charge in [0.2, 0.25) is 0 Å². The molecule has 0 aliphatic carbocycles. The summed E-state index contributed by atoms with van der Waals surface area (Å²) in [4.78, 5) is 0. The topological polar surface area (TPSA) is 35.2 Å². The first kappa shape index (κ1) is 11.2. The number of halogens is 4. The lowest BCUT2D eigenvalue weighted by atomic mass is 10.2. The first-order valence-electron chi connectivity index (χ1n) is 3.61. The highest BCUT2D eigenvalue weighted by Crippen LogP contribution is 2.35. The molecule has 14 heavy (non-hydrogen) atoms. The van der Waals surface area contributed by atoms with Gasteiger partial charge in [0, 0.05) is 11.3 Å². The van der Waals surface area contributed by atoms with Crippen LogP contribution in [-0.2, 0) is 0 Å². The van der Waals surface area contributed by atoms with Crippen LogP contribution in [0.5, 0.6) is 5.75 Å². The Balaban J connectivity index is 3.13. The second kappa shape index (κ2) is 3.68. The Labute approximate surface area is 87.0 Å². The predicted octanol–water partition coefficient (Wildman–Crippen LogP) is 3.24. The summed E-state index contributed by atoms with van der Waals surface area (Å²) in [7, 11) is 0. The molecule has 0 aliphatic heterocycles. The van der Waals surface area contributed by atoms with Crippen LogP contribution < -0.4 is 10.5 Å². The zero-order chi connectivity index (χ0) is 10.9. The monoisotopic (exact) mass is 269 g/mol. The van der Waals surface area contributed by atoms with Crippen molar-refractivity contribution in [3.63, 3.8) is 0 Å². The first-order valence-corrected chi connectivity index (χ1v) is 4.41. The van der Waals surface area contributed by atoms with Crippen molar-refractivity contribution in [3.8, 4) is 5.75 Å². The normalized spacial score (nSPS) is 11.5. The van der Waals surface area contributed by atoms with E-state index in [0.717, 1.165) is 0 Å². The average Bonchev–Trinajstić information content (AvgIpc) is 2.04. The maximum atomic E-state index is 11.9. The van der Waals surface area contributed by atoms with Crippen LogP contribution in [0.1, 0.15) is 5.56 Å². The number of hydrogen-bond acceptors (Lipinski definition) is 2. The van der Waals surface area contributed by atoms with Crippen molar-refractivity contribution in [2.45, 2.75) is 13.3 Å². The van der Waals surface area contributed by atoms with Crippen molar-refractivity contribution in [1.82, 2.24) is 0 Å². The SMILES string of the molecule is Cc1c(N)ccc(Br)c1OC(F)(F)F. The van der Waals surface area contributed by atoms with Gasteiger partial charge in [-0.1, -0.05) is 0 Å². The van der Waals surface area contributed by atoms with Crippen molar-refractivity contribution >= 4 is 21.6 Å². The Morgan fingerprint density at radius 2 is 1.93 bits per heavy atom. The summed E-state index contributed by atoms with van der Waals surface area (Å²) in [5.74, 6) is -0.294. The van der Waals surface area contributed by atoms with Gasteiger partial charge in [0.1, 0.15) is 5.75 Å². The van der Waals surface area contributed by atoms with Crippen LogP contribution in [0.4, 0.5) is 18.9 Å². The van der Waals surface area contributed by atoms with Gasteiger partial charge < -0.3 is 10.5 Å². The highest BCUT2D eigenvalue weighted by Gasteiger charge is 2.32. The highest BCUT2D eigenvalue weighted by atomic mass is 79.9. The Morgan fingerprint density at radius 1 is 1.36 bits per heavy atom. The molecular weight excluding hydrogens is 263 g/mol. The smallest absolute Gasteiger partial charge is 0.404 e. The molecule has 0 amide bonds. The van der Waals surface area contributed by atoms with Gasteiger partial charge in [-0.3, -0.25) is 0 Å². The van der Waals surface area contributed by atoms with E-state index in [4.69, 9.17) is 5.73 Å². The number of benzene rings is 1. The van der Waals surface area contributed by atoms with Gasteiger partial charge in [-0.25, -0.2) is 0 Å². The van der Waals surface area contributed by atoms with Crippen molar-refractivity contribution in [1.29, 1.82) is 0 Å². The zero-order valence-electron chi connectivity index (χ0n) is 7.15. The number of ether oxygens (including phenoxy) is 1. The summed E-state index contributed by atoms with van der Waals surface area (Å²) in [5, 5.41) is 0. The minimum atomic E-state index is -4.71. The van der Waals surface area contributed by atoms with Gasteiger partial charge in [0.15, 0.2) is 0 Å². The summed E-state index contributed by atoms with van der Waals surface area (Å²) in [5.41, 5.74) is 5.96. The second-order valence-electron chi connectivity index (χ2n) is 2.64. The Bertz CT molecular complexity index is 351. The molecule has 0 saturated heterocycles. The molecule has 1 aromatic rings. The van der Waals surface area contributed by atoms with Crippen LogP contribution in [-0.4, -0.2) is 6.36 Å². The number of alkyl halides is 3. The first-order chi connectivity index (χ1) is 6.31. The summed E-state index contributed by atoms with van der Waals surface area (Å²) in [6.07, 6.45) is -4.71. The zero-order valence-corrected chi connectivity index (χ0v) is 8.74. The lowest BCUT2D eigenvalue weighted by molar-refractivity contribution is -0.275. The molecule has 2 nitrogen and oxygen atoms in total. The van der Waals surface area contributed by atoms with Crippen molar-refractivity contribution in [2.75, 3.05) is 5.73 Å². The van der Waals surface area contributed by atoms with E-state index in [-0.39, 0.29) is 21.5 Å². The van der Waals surface area contributed by atoms with Gasteiger partial charge in [0.05, 0.1) is 4.47 Å². The van der Waals surface area contributed by atoms with Gasteiger partial charge in [0.25, 0.3) is 0 Å². The number of nitrogen functional groups attached to an aromatic ring is 1. The molecule has 0 fully saturated rings. The molecule has 78 valence electrons. The molecule has 0 spiro atoms. The Morgan fingerprint density at radius 3 is 2.43 bits per heavy atom. The summed E-state index contributed by atoms with van der Waals surface area (Å²) < 4.78 is 39.9. The summed E-state index contributed by atoms with van der Waals surface area (Å²) in [6.45, 7) is 1.46. The van der Waals surface area contributed by atoms with Crippen LogP contribution >= 0.6 is 15.9 Å². The van der Waals surface area contributed by atoms with Gasteiger partial charge in [-0.15, -0.1) is 13.2 Å². The van der Waals surface area contributed by atoms with E-state index in [1.54, 1.807) is 0 Å². The van der Waals surface area contributed by atoms with Gasteiger partial charge in [-0.2, -0.15) is 0 Å². The fourth-order valence-electron chi connectivity index (χ4n) is 0.915. The molecule has 0 saturated carbocycles. The number of nitrogens with two attached hydrogens (primary N) is 1. The quantitative estimate of drug-likeness (QED) is 0.795. The molecule has 6 heteroatoms.